The van der Waals surface area contributed by atoms with Crippen LogP contribution in [0.4, 0.5) is 0 Å². The van der Waals surface area contributed by atoms with E-state index in [2.05, 4.69) is 26.4 Å². The fourth-order valence-electron chi connectivity index (χ4n) is 1.66. The van der Waals surface area contributed by atoms with Gasteiger partial charge in [0.1, 0.15) is 24.7 Å². The molecule has 0 aliphatic rings. The second-order valence-corrected chi connectivity index (χ2v) is 5.37. The van der Waals surface area contributed by atoms with Gasteiger partial charge < -0.3 is 19.7 Å². The molecule has 0 aliphatic carbocycles. The van der Waals surface area contributed by atoms with Crippen LogP contribution in [0, 0.1) is 6.92 Å². The molecule has 2 N–H and O–H groups in total. The number of halogens is 1. The molecule has 5 nitrogen and oxygen atoms in total. The monoisotopic (exact) mass is 340 g/mol. The molecule has 2 aromatic rings. The average Bonchev–Trinajstić information content (AvgIpc) is 2.91. The van der Waals surface area contributed by atoms with Crippen LogP contribution in [0.3, 0.4) is 0 Å². The summed E-state index contributed by atoms with van der Waals surface area (Å²) in [6, 6.07) is 7.61. The summed E-state index contributed by atoms with van der Waals surface area (Å²) >= 11 is 3.44. The Bertz CT molecular complexity index is 531. The first kappa shape index (κ1) is 15.0. The van der Waals surface area contributed by atoms with Crippen LogP contribution >= 0.6 is 15.9 Å². The fourth-order valence-corrected chi connectivity index (χ4v) is 2.27. The zero-order valence-electron chi connectivity index (χ0n) is 11.2. The highest BCUT2D eigenvalue weighted by molar-refractivity contribution is 9.10. The quantitative estimate of drug-likeness (QED) is 0.809. The molecule has 108 valence electrons. The van der Waals surface area contributed by atoms with E-state index >= 15 is 0 Å². The molecule has 0 aliphatic heterocycles. The highest BCUT2D eigenvalue weighted by Gasteiger charge is 2.07. The Balaban J connectivity index is 1.70. The van der Waals surface area contributed by atoms with Crippen LogP contribution in [-0.4, -0.2) is 29.5 Å². The van der Waals surface area contributed by atoms with E-state index in [9.17, 15) is 5.11 Å². The predicted octanol–water partition coefficient (Wildman–Crippen LogP) is 2.28. The lowest BCUT2D eigenvalue weighted by Gasteiger charge is -2.14. The number of aromatic nitrogens is 1. The molecule has 0 spiro atoms. The summed E-state index contributed by atoms with van der Waals surface area (Å²) in [5, 5.41) is 16.7. The second-order valence-electron chi connectivity index (χ2n) is 4.52. The van der Waals surface area contributed by atoms with Crippen molar-refractivity contribution in [2.45, 2.75) is 19.6 Å². The Morgan fingerprint density at radius 2 is 2.30 bits per heavy atom. The molecule has 1 heterocycles. The van der Waals surface area contributed by atoms with Crippen LogP contribution in [-0.2, 0) is 6.54 Å². The molecule has 0 fully saturated rings. The van der Waals surface area contributed by atoms with Gasteiger partial charge in [-0.1, -0.05) is 11.2 Å². The van der Waals surface area contributed by atoms with Crippen LogP contribution in [0.25, 0.3) is 0 Å². The van der Waals surface area contributed by atoms with Gasteiger partial charge >= 0.3 is 0 Å². The van der Waals surface area contributed by atoms with Crippen molar-refractivity contribution in [3.05, 3.63) is 46.3 Å². The van der Waals surface area contributed by atoms with Crippen molar-refractivity contribution < 1.29 is 14.4 Å². The number of benzene rings is 1. The van der Waals surface area contributed by atoms with Crippen molar-refractivity contribution in [2.75, 3.05) is 13.2 Å². The minimum Gasteiger partial charge on any atom is -0.490 e. The van der Waals surface area contributed by atoms with E-state index in [4.69, 9.17) is 9.26 Å². The Hall–Kier alpha value is -1.37. The molecule has 0 saturated carbocycles. The summed E-state index contributed by atoms with van der Waals surface area (Å²) in [6.45, 7) is 3.23. The van der Waals surface area contributed by atoms with Gasteiger partial charge in [-0.15, -0.1) is 0 Å². The van der Waals surface area contributed by atoms with E-state index in [0.717, 1.165) is 21.5 Å². The third kappa shape index (κ3) is 4.63. The number of ether oxygens (including phenoxy) is 1. The zero-order chi connectivity index (χ0) is 14.4. The van der Waals surface area contributed by atoms with Gasteiger partial charge in [0.25, 0.3) is 0 Å². The van der Waals surface area contributed by atoms with E-state index in [-0.39, 0.29) is 6.61 Å². The van der Waals surface area contributed by atoms with Gasteiger partial charge in [-0.25, -0.2) is 0 Å². The molecule has 0 amide bonds. The first-order chi connectivity index (χ1) is 9.65. The molecule has 2 rings (SSSR count). The largest absolute Gasteiger partial charge is 0.490 e. The molecule has 1 unspecified atom stereocenters. The highest BCUT2D eigenvalue weighted by Crippen LogP contribution is 2.25. The van der Waals surface area contributed by atoms with Crippen molar-refractivity contribution in [1.82, 2.24) is 10.5 Å². The third-order valence-corrected chi connectivity index (χ3v) is 3.32. The number of aliphatic hydroxyl groups is 1. The number of nitrogens with zero attached hydrogens (tertiary/aromatic N) is 1. The van der Waals surface area contributed by atoms with Crippen molar-refractivity contribution in [1.29, 1.82) is 0 Å². The minimum absolute atomic E-state index is 0.230. The van der Waals surface area contributed by atoms with E-state index in [1.54, 1.807) is 6.07 Å². The van der Waals surface area contributed by atoms with Crippen LogP contribution in [0.2, 0.25) is 0 Å². The SMILES string of the molecule is Cc1ccc(OCC(O)CNCc2ccon2)c(Br)c1. The number of aryl methyl sites for hydroxylation is 1. The fraction of sp³-hybridized carbons (Fsp3) is 0.357. The van der Waals surface area contributed by atoms with E-state index in [1.165, 1.54) is 6.26 Å². The van der Waals surface area contributed by atoms with Crippen LogP contribution in [0.15, 0.2) is 39.5 Å². The molecule has 20 heavy (non-hydrogen) atoms. The van der Waals surface area contributed by atoms with Gasteiger partial charge in [0.05, 0.1) is 10.2 Å². The number of aliphatic hydroxyl groups excluding tert-OH is 1. The standard InChI is InChI=1S/C14H17BrN2O3/c1-10-2-3-14(13(15)6-10)19-9-12(18)8-16-7-11-4-5-20-17-11/h2-6,12,16,18H,7-9H2,1H3. The van der Waals surface area contributed by atoms with Gasteiger partial charge in [0.15, 0.2) is 0 Å². The maximum atomic E-state index is 9.84. The van der Waals surface area contributed by atoms with Crippen molar-refractivity contribution >= 4 is 15.9 Å². The second kappa shape index (κ2) is 7.42. The van der Waals surface area contributed by atoms with E-state index < -0.39 is 6.10 Å². The van der Waals surface area contributed by atoms with Gasteiger partial charge in [0.2, 0.25) is 0 Å². The summed E-state index contributed by atoms with van der Waals surface area (Å²) in [6.07, 6.45) is 0.931. The molecular weight excluding hydrogens is 324 g/mol. The number of rotatable bonds is 7. The third-order valence-electron chi connectivity index (χ3n) is 2.70. The summed E-state index contributed by atoms with van der Waals surface area (Å²) in [5.41, 5.74) is 1.96. The van der Waals surface area contributed by atoms with E-state index in [1.807, 2.05) is 25.1 Å². The van der Waals surface area contributed by atoms with Crippen LogP contribution < -0.4 is 10.1 Å². The summed E-state index contributed by atoms with van der Waals surface area (Å²) in [4.78, 5) is 0. The predicted molar refractivity (Wildman–Crippen MR) is 78.6 cm³/mol. The zero-order valence-corrected chi connectivity index (χ0v) is 12.8. The van der Waals surface area contributed by atoms with Crippen molar-refractivity contribution in [3.63, 3.8) is 0 Å². The molecule has 6 heteroatoms. The first-order valence-electron chi connectivity index (χ1n) is 6.32. The first-order valence-corrected chi connectivity index (χ1v) is 7.11. The van der Waals surface area contributed by atoms with E-state index in [0.29, 0.717) is 13.1 Å². The molecule has 0 radical (unpaired) electrons. The maximum absolute atomic E-state index is 9.84. The summed E-state index contributed by atoms with van der Waals surface area (Å²) in [7, 11) is 0. The number of hydrogen-bond acceptors (Lipinski definition) is 5. The Morgan fingerprint density at radius 3 is 3.00 bits per heavy atom. The Labute approximate surface area is 126 Å². The Kier molecular flexibility index (Phi) is 5.58. The van der Waals surface area contributed by atoms with Gasteiger partial charge in [-0.3, -0.25) is 0 Å². The lowest BCUT2D eigenvalue weighted by molar-refractivity contribution is 0.105. The maximum Gasteiger partial charge on any atom is 0.133 e. The smallest absolute Gasteiger partial charge is 0.133 e. The summed E-state index contributed by atoms with van der Waals surface area (Å²) in [5.74, 6) is 0.728. The normalized spacial score (nSPS) is 12.3. The van der Waals surface area contributed by atoms with Crippen LogP contribution in [0.5, 0.6) is 5.75 Å². The van der Waals surface area contributed by atoms with Crippen molar-refractivity contribution in [3.8, 4) is 5.75 Å². The van der Waals surface area contributed by atoms with Crippen LogP contribution in [0.1, 0.15) is 11.3 Å². The molecule has 0 saturated heterocycles. The van der Waals surface area contributed by atoms with Gasteiger partial charge in [-0.2, -0.15) is 0 Å². The molecule has 0 bridgehead atoms. The lowest BCUT2D eigenvalue weighted by Crippen LogP contribution is -2.31. The highest BCUT2D eigenvalue weighted by atomic mass is 79.9. The number of nitrogens with one attached hydrogen (secondary N) is 1. The minimum atomic E-state index is -0.588. The molecular formula is C14H17BrN2O3. The lowest BCUT2D eigenvalue weighted by atomic mass is 10.2. The molecule has 1 atom stereocenters. The topological polar surface area (TPSA) is 67.5 Å². The molecule has 1 aromatic heterocycles. The average molecular weight is 341 g/mol. The summed E-state index contributed by atoms with van der Waals surface area (Å²) < 4.78 is 11.2. The number of hydrogen-bond donors (Lipinski definition) is 2. The molecule has 1 aromatic carbocycles. The van der Waals surface area contributed by atoms with Gasteiger partial charge in [-0.05, 0) is 40.5 Å². The van der Waals surface area contributed by atoms with Crippen molar-refractivity contribution in [2.24, 2.45) is 0 Å². The Morgan fingerprint density at radius 1 is 1.45 bits per heavy atom. The van der Waals surface area contributed by atoms with Gasteiger partial charge in [0, 0.05) is 19.2 Å².